The van der Waals surface area contributed by atoms with Crippen molar-refractivity contribution in [2.75, 3.05) is 11.4 Å². The molecule has 7 heteroatoms. The zero-order chi connectivity index (χ0) is 16.3. The zero-order valence-electron chi connectivity index (χ0n) is 12.0. The van der Waals surface area contributed by atoms with Gasteiger partial charge in [0.2, 0.25) is 0 Å². The third kappa shape index (κ3) is 3.40. The lowest BCUT2D eigenvalue weighted by Crippen LogP contribution is -2.33. The number of hydrogen-bond donors (Lipinski definition) is 0. The molecule has 0 saturated heterocycles. The fourth-order valence-corrected chi connectivity index (χ4v) is 2.91. The number of halogens is 3. The molecule has 0 aromatic heterocycles. The van der Waals surface area contributed by atoms with Gasteiger partial charge in [-0.1, -0.05) is 18.9 Å². The van der Waals surface area contributed by atoms with E-state index in [4.69, 9.17) is 0 Å². The van der Waals surface area contributed by atoms with Crippen molar-refractivity contribution in [2.45, 2.75) is 37.9 Å². The minimum atomic E-state index is -4.76. The maximum atomic E-state index is 13.1. The summed E-state index contributed by atoms with van der Waals surface area (Å²) in [4.78, 5) is 11.7. The van der Waals surface area contributed by atoms with Crippen molar-refractivity contribution < 1.29 is 18.1 Å². The molecule has 0 amide bonds. The molecular formula is C15H17F3N2O2. The molecule has 0 spiro atoms. The van der Waals surface area contributed by atoms with Gasteiger partial charge in [0.1, 0.15) is 5.56 Å². The summed E-state index contributed by atoms with van der Waals surface area (Å²) in [5, 5.41) is 10.8. The van der Waals surface area contributed by atoms with E-state index in [1.54, 1.807) is 6.08 Å². The highest BCUT2D eigenvalue weighted by atomic mass is 19.4. The molecule has 4 nitrogen and oxygen atoms in total. The molecule has 0 heterocycles. The lowest BCUT2D eigenvalue weighted by atomic mass is 10.1. The standard InChI is InChI=1S/C15H17F3N2O2/c1-2-9-19(11-5-3-4-6-11)12-7-8-14(20(21)22)13(10-12)15(16,17)18/h2,7-8,10-11H,1,3-6,9H2. The number of hydrogen-bond acceptors (Lipinski definition) is 3. The number of nitro benzene ring substituents is 1. The fraction of sp³-hybridized carbons (Fsp3) is 0.467. The minimum absolute atomic E-state index is 0.153. The Morgan fingerprint density at radius 1 is 1.36 bits per heavy atom. The van der Waals surface area contributed by atoms with Crippen LogP contribution in [0.3, 0.4) is 0 Å². The number of nitro groups is 1. The predicted molar refractivity (Wildman–Crippen MR) is 77.9 cm³/mol. The molecule has 0 N–H and O–H groups in total. The van der Waals surface area contributed by atoms with Crippen molar-refractivity contribution in [3.05, 3.63) is 46.5 Å². The van der Waals surface area contributed by atoms with Gasteiger partial charge in [0.05, 0.1) is 4.92 Å². The highest BCUT2D eigenvalue weighted by Gasteiger charge is 2.39. The van der Waals surface area contributed by atoms with Crippen LogP contribution >= 0.6 is 0 Å². The molecule has 0 bridgehead atoms. The van der Waals surface area contributed by atoms with Crippen molar-refractivity contribution in [1.29, 1.82) is 0 Å². The lowest BCUT2D eigenvalue weighted by molar-refractivity contribution is -0.388. The Morgan fingerprint density at radius 3 is 2.50 bits per heavy atom. The van der Waals surface area contributed by atoms with E-state index in [9.17, 15) is 23.3 Å². The van der Waals surface area contributed by atoms with Crippen LogP contribution < -0.4 is 4.90 Å². The first kappa shape index (κ1) is 16.3. The molecule has 0 aliphatic heterocycles. The van der Waals surface area contributed by atoms with E-state index in [-0.39, 0.29) is 6.04 Å². The summed E-state index contributed by atoms with van der Waals surface area (Å²) in [6, 6.07) is 3.35. The molecule has 120 valence electrons. The van der Waals surface area contributed by atoms with Gasteiger partial charge in [0, 0.05) is 24.3 Å². The molecule has 0 radical (unpaired) electrons. The fourth-order valence-electron chi connectivity index (χ4n) is 2.91. The predicted octanol–water partition coefficient (Wildman–Crippen LogP) is 4.55. The van der Waals surface area contributed by atoms with E-state index in [1.807, 2.05) is 4.90 Å². The van der Waals surface area contributed by atoms with Crippen molar-refractivity contribution in [1.82, 2.24) is 0 Å². The van der Waals surface area contributed by atoms with Gasteiger partial charge in [0.15, 0.2) is 0 Å². The summed E-state index contributed by atoms with van der Waals surface area (Å²) < 4.78 is 39.2. The number of nitrogens with zero attached hydrogens (tertiary/aromatic N) is 2. The number of alkyl halides is 3. The molecule has 0 atom stereocenters. The minimum Gasteiger partial charge on any atom is -0.365 e. The van der Waals surface area contributed by atoms with Gasteiger partial charge in [-0.25, -0.2) is 0 Å². The molecule has 1 aromatic rings. The van der Waals surface area contributed by atoms with Gasteiger partial charge in [-0.3, -0.25) is 10.1 Å². The van der Waals surface area contributed by atoms with Gasteiger partial charge in [0.25, 0.3) is 5.69 Å². The first-order chi connectivity index (χ1) is 10.3. The second-order valence-electron chi connectivity index (χ2n) is 5.34. The first-order valence-corrected chi connectivity index (χ1v) is 7.07. The molecule has 22 heavy (non-hydrogen) atoms. The van der Waals surface area contributed by atoms with Gasteiger partial charge < -0.3 is 4.90 Å². The zero-order valence-corrected chi connectivity index (χ0v) is 12.0. The monoisotopic (exact) mass is 314 g/mol. The van der Waals surface area contributed by atoms with Crippen molar-refractivity contribution in [3.63, 3.8) is 0 Å². The summed E-state index contributed by atoms with van der Waals surface area (Å²) in [7, 11) is 0. The maximum Gasteiger partial charge on any atom is 0.423 e. The Labute approximate surface area is 126 Å². The molecular weight excluding hydrogens is 297 g/mol. The number of rotatable bonds is 5. The van der Waals surface area contributed by atoms with Crippen LogP contribution in [-0.4, -0.2) is 17.5 Å². The SMILES string of the molecule is C=CCN(c1ccc([N+](=O)[O-])c(C(F)(F)F)c1)C1CCCC1. The summed E-state index contributed by atoms with van der Waals surface area (Å²) in [5.74, 6) is 0. The van der Waals surface area contributed by atoms with Gasteiger partial charge in [-0.2, -0.15) is 13.2 Å². The van der Waals surface area contributed by atoms with Gasteiger partial charge in [-0.15, -0.1) is 6.58 Å². The van der Waals surface area contributed by atoms with Crippen LogP contribution in [0.25, 0.3) is 0 Å². The molecule has 2 rings (SSSR count). The largest absolute Gasteiger partial charge is 0.423 e. The summed E-state index contributed by atoms with van der Waals surface area (Å²) >= 11 is 0. The normalized spacial score (nSPS) is 15.8. The third-order valence-electron chi connectivity index (χ3n) is 3.91. The van der Waals surface area contributed by atoms with Crippen molar-refractivity contribution in [3.8, 4) is 0 Å². The summed E-state index contributed by atoms with van der Waals surface area (Å²) in [6.07, 6.45) is 0.772. The van der Waals surface area contributed by atoms with E-state index in [2.05, 4.69) is 6.58 Å². The van der Waals surface area contributed by atoms with Crippen LogP contribution in [0.2, 0.25) is 0 Å². The Morgan fingerprint density at radius 2 is 2.00 bits per heavy atom. The molecule has 1 aromatic carbocycles. The van der Waals surface area contributed by atoms with Crippen LogP contribution in [0.15, 0.2) is 30.9 Å². The maximum absolute atomic E-state index is 13.1. The molecule has 1 aliphatic carbocycles. The number of benzene rings is 1. The van der Waals surface area contributed by atoms with E-state index >= 15 is 0 Å². The average molecular weight is 314 g/mol. The molecule has 1 saturated carbocycles. The van der Waals surface area contributed by atoms with E-state index in [0.717, 1.165) is 37.8 Å². The first-order valence-electron chi connectivity index (χ1n) is 7.07. The van der Waals surface area contributed by atoms with E-state index in [1.165, 1.54) is 6.07 Å². The second-order valence-corrected chi connectivity index (χ2v) is 5.34. The molecule has 1 fully saturated rings. The van der Waals surface area contributed by atoms with Crippen LogP contribution in [0.4, 0.5) is 24.5 Å². The summed E-state index contributed by atoms with van der Waals surface area (Å²) in [6.45, 7) is 4.06. The van der Waals surface area contributed by atoms with Crippen LogP contribution in [0, 0.1) is 10.1 Å². The Kier molecular flexibility index (Phi) is 4.73. The van der Waals surface area contributed by atoms with Crippen LogP contribution in [0.1, 0.15) is 31.2 Å². The Bertz CT molecular complexity index is 566. The topological polar surface area (TPSA) is 46.4 Å². The molecule has 0 unspecified atom stereocenters. The Balaban J connectivity index is 2.45. The lowest BCUT2D eigenvalue weighted by Gasteiger charge is -2.30. The number of anilines is 1. The van der Waals surface area contributed by atoms with Gasteiger partial charge in [-0.05, 0) is 25.0 Å². The average Bonchev–Trinajstić information content (AvgIpc) is 2.97. The third-order valence-corrected chi connectivity index (χ3v) is 3.91. The summed E-state index contributed by atoms with van der Waals surface area (Å²) in [5.41, 5.74) is -1.77. The quantitative estimate of drug-likeness (QED) is 0.455. The van der Waals surface area contributed by atoms with E-state index in [0.29, 0.717) is 12.2 Å². The van der Waals surface area contributed by atoms with Crippen LogP contribution in [0.5, 0.6) is 0 Å². The second kappa shape index (κ2) is 6.37. The Hall–Kier alpha value is -2.05. The van der Waals surface area contributed by atoms with Crippen LogP contribution in [-0.2, 0) is 6.18 Å². The highest BCUT2D eigenvalue weighted by Crippen LogP contribution is 2.39. The van der Waals surface area contributed by atoms with Crippen molar-refractivity contribution in [2.24, 2.45) is 0 Å². The molecule has 1 aliphatic rings. The smallest absolute Gasteiger partial charge is 0.365 e. The van der Waals surface area contributed by atoms with E-state index < -0.39 is 22.4 Å². The highest BCUT2D eigenvalue weighted by molar-refractivity contribution is 5.57. The van der Waals surface area contributed by atoms with Gasteiger partial charge >= 0.3 is 6.18 Å². The van der Waals surface area contributed by atoms with Crippen molar-refractivity contribution >= 4 is 11.4 Å².